The summed E-state index contributed by atoms with van der Waals surface area (Å²) in [4.78, 5) is 26.2. The molecule has 3 heterocycles. The second-order valence-electron chi connectivity index (χ2n) is 6.14. The molecule has 0 unspecified atom stereocenters. The molecule has 1 atom stereocenters. The van der Waals surface area contributed by atoms with Gasteiger partial charge in [0.05, 0.1) is 12.7 Å². The molecule has 1 fully saturated rings. The van der Waals surface area contributed by atoms with E-state index in [1.165, 1.54) is 0 Å². The fourth-order valence-electron chi connectivity index (χ4n) is 2.71. The van der Waals surface area contributed by atoms with Crippen molar-refractivity contribution in [2.24, 2.45) is 0 Å². The summed E-state index contributed by atoms with van der Waals surface area (Å²) in [7, 11) is 0. The van der Waals surface area contributed by atoms with E-state index >= 15 is 0 Å². The van der Waals surface area contributed by atoms with Gasteiger partial charge in [-0.3, -0.25) is 4.98 Å². The van der Waals surface area contributed by atoms with Crippen LogP contribution in [0.1, 0.15) is 19.8 Å². The maximum Gasteiger partial charge on any atom is 0.317 e. The first kappa shape index (κ1) is 17.9. The molecular weight excluding hydrogens is 334 g/mol. The van der Waals surface area contributed by atoms with Crippen LogP contribution in [0.4, 0.5) is 4.79 Å². The molecule has 1 saturated heterocycles. The van der Waals surface area contributed by atoms with Crippen molar-refractivity contribution >= 4 is 6.03 Å². The molecule has 0 spiro atoms. The van der Waals surface area contributed by atoms with Crippen molar-refractivity contribution in [1.82, 2.24) is 25.2 Å². The van der Waals surface area contributed by atoms with E-state index in [1.807, 2.05) is 19.1 Å². The molecule has 0 aromatic carbocycles. The topological polar surface area (TPSA) is 89.5 Å². The van der Waals surface area contributed by atoms with E-state index in [2.05, 4.69) is 20.3 Å². The average molecular weight is 357 g/mol. The minimum atomic E-state index is -0.140. The van der Waals surface area contributed by atoms with Gasteiger partial charge in [0.15, 0.2) is 0 Å². The lowest BCUT2D eigenvalue weighted by atomic mass is 10.1. The Bertz CT molecular complexity index is 678. The monoisotopic (exact) mass is 357 g/mol. The van der Waals surface area contributed by atoms with Crippen molar-refractivity contribution in [3.05, 3.63) is 43.0 Å². The van der Waals surface area contributed by atoms with Gasteiger partial charge in [-0.25, -0.2) is 14.8 Å². The second kappa shape index (κ2) is 8.98. The Morgan fingerprint density at radius 3 is 2.73 bits per heavy atom. The highest BCUT2D eigenvalue weighted by Crippen LogP contribution is 2.15. The predicted octanol–water partition coefficient (Wildman–Crippen LogP) is 1.89. The summed E-state index contributed by atoms with van der Waals surface area (Å²) in [6, 6.07) is 5.71. The highest BCUT2D eigenvalue weighted by molar-refractivity contribution is 5.74. The lowest BCUT2D eigenvalue weighted by Crippen LogP contribution is -2.48. The van der Waals surface area contributed by atoms with Gasteiger partial charge in [-0.1, -0.05) is 0 Å². The van der Waals surface area contributed by atoms with Crippen LogP contribution in [-0.2, 0) is 0 Å². The molecule has 0 bridgehead atoms. The van der Waals surface area contributed by atoms with Crippen LogP contribution in [0.2, 0.25) is 0 Å². The number of pyridine rings is 1. The molecule has 0 radical (unpaired) electrons. The zero-order chi connectivity index (χ0) is 18.2. The SMILES string of the molecule is C[C@@H](CNC(=O)N1CCC(Oc2ncccn2)CC1)Oc1cccnc1. The smallest absolute Gasteiger partial charge is 0.317 e. The fraction of sp³-hybridized carbons (Fsp3) is 0.444. The summed E-state index contributed by atoms with van der Waals surface area (Å²) in [6.45, 7) is 3.62. The van der Waals surface area contributed by atoms with Gasteiger partial charge in [0.2, 0.25) is 0 Å². The minimum absolute atomic E-state index is 0.0364. The molecule has 26 heavy (non-hydrogen) atoms. The third-order valence-electron chi connectivity index (χ3n) is 4.06. The second-order valence-corrected chi connectivity index (χ2v) is 6.14. The van der Waals surface area contributed by atoms with Crippen LogP contribution in [0.25, 0.3) is 0 Å². The Hall–Kier alpha value is -2.90. The van der Waals surface area contributed by atoms with Crippen LogP contribution in [0.15, 0.2) is 43.0 Å². The number of carbonyl (C=O) groups excluding carboxylic acids is 1. The molecule has 1 N–H and O–H groups in total. The van der Waals surface area contributed by atoms with E-state index in [9.17, 15) is 4.79 Å². The van der Waals surface area contributed by atoms with Gasteiger partial charge >= 0.3 is 12.0 Å². The van der Waals surface area contributed by atoms with E-state index in [0.29, 0.717) is 31.4 Å². The first-order valence-electron chi connectivity index (χ1n) is 8.74. The van der Waals surface area contributed by atoms with E-state index in [4.69, 9.17) is 9.47 Å². The normalized spacial score (nSPS) is 16.0. The summed E-state index contributed by atoms with van der Waals surface area (Å²) < 4.78 is 11.4. The molecule has 1 aliphatic rings. The van der Waals surface area contributed by atoms with E-state index < -0.39 is 0 Å². The number of hydrogen-bond acceptors (Lipinski definition) is 6. The van der Waals surface area contributed by atoms with Crippen molar-refractivity contribution in [3.8, 4) is 11.8 Å². The number of nitrogens with zero attached hydrogens (tertiary/aromatic N) is 4. The fourth-order valence-corrected chi connectivity index (χ4v) is 2.71. The summed E-state index contributed by atoms with van der Waals surface area (Å²) in [5, 5.41) is 2.91. The number of nitrogens with one attached hydrogen (secondary N) is 1. The maximum absolute atomic E-state index is 12.3. The standard InChI is InChI=1S/C18H23N5O3/c1-14(25-16-4-2-7-19-13-16)12-22-18(24)23-10-5-15(6-11-23)26-17-20-8-3-9-21-17/h2-4,7-9,13-15H,5-6,10-12H2,1H3,(H,22,24)/t14-/m0/s1. The van der Waals surface area contributed by atoms with Crippen LogP contribution in [0, 0.1) is 0 Å². The third-order valence-corrected chi connectivity index (χ3v) is 4.06. The van der Waals surface area contributed by atoms with E-state index in [-0.39, 0.29) is 18.2 Å². The zero-order valence-electron chi connectivity index (χ0n) is 14.7. The Labute approximate surface area is 152 Å². The Morgan fingerprint density at radius 2 is 2.04 bits per heavy atom. The molecule has 138 valence electrons. The molecule has 0 aliphatic carbocycles. The van der Waals surface area contributed by atoms with Gasteiger partial charge in [0.25, 0.3) is 0 Å². The Kier molecular flexibility index (Phi) is 6.19. The van der Waals surface area contributed by atoms with Crippen molar-refractivity contribution < 1.29 is 14.3 Å². The minimum Gasteiger partial charge on any atom is -0.487 e. The van der Waals surface area contributed by atoms with E-state index in [0.717, 1.165) is 12.8 Å². The van der Waals surface area contributed by atoms with Crippen molar-refractivity contribution in [2.45, 2.75) is 32.0 Å². The Balaban J connectivity index is 1.37. The molecule has 3 rings (SSSR count). The lowest BCUT2D eigenvalue weighted by Gasteiger charge is -2.32. The molecule has 8 nitrogen and oxygen atoms in total. The number of ether oxygens (including phenoxy) is 2. The van der Waals surface area contributed by atoms with Crippen LogP contribution in [-0.4, -0.2) is 57.7 Å². The van der Waals surface area contributed by atoms with Gasteiger partial charge in [0, 0.05) is 44.5 Å². The molecule has 8 heteroatoms. The third kappa shape index (κ3) is 5.30. The number of piperidine rings is 1. The number of amides is 2. The zero-order valence-corrected chi connectivity index (χ0v) is 14.7. The largest absolute Gasteiger partial charge is 0.487 e. The quantitative estimate of drug-likeness (QED) is 0.849. The highest BCUT2D eigenvalue weighted by Gasteiger charge is 2.24. The molecule has 0 saturated carbocycles. The first-order chi connectivity index (χ1) is 12.7. The maximum atomic E-state index is 12.3. The number of likely N-dealkylation sites (tertiary alicyclic amines) is 1. The number of hydrogen-bond donors (Lipinski definition) is 1. The molecule has 1 aliphatic heterocycles. The summed E-state index contributed by atoms with van der Waals surface area (Å²) in [5.41, 5.74) is 0. The number of urea groups is 1. The number of aromatic nitrogens is 3. The summed E-state index contributed by atoms with van der Waals surface area (Å²) in [5.74, 6) is 0.690. The number of rotatable bonds is 6. The van der Waals surface area contributed by atoms with E-state index in [1.54, 1.807) is 35.8 Å². The van der Waals surface area contributed by atoms with Crippen molar-refractivity contribution in [2.75, 3.05) is 19.6 Å². The summed E-state index contributed by atoms with van der Waals surface area (Å²) in [6.07, 6.45) is 8.06. The molecule has 2 amide bonds. The van der Waals surface area contributed by atoms with Crippen LogP contribution < -0.4 is 14.8 Å². The van der Waals surface area contributed by atoms with Crippen molar-refractivity contribution in [1.29, 1.82) is 0 Å². The average Bonchev–Trinajstić information content (AvgIpc) is 2.68. The van der Waals surface area contributed by atoms with Gasteiger partial charge in [-0.2, -0.15) is 0 Å². The van der Waals surface area contributed by atoms with Gasteiger partial charge in [-0.15, -0.1) is 0 Å². The number of carbonyl (C=O) groups is 1. The molecular formula is C18H23N5O3. The van der Waals surface area contributed by atoms with Crippen molar-refractivity contribution in [3.63, 3.8) is 0 Å². The van der Waals surface area contributed by atoms with Crippen LogP contribution >= 0.6 is 0 Å². The molecule has 2 aromatic heterocycles. The molecule has 2 aromatic rings. The Morgan fingerprint density at radius 1 is 1.27 bits per heavy atom. The highest BCUT2D eigenvalue weighted by atomic mass is 16.5. The van der Waals surface area contributed by atoms with Gasteiger partial charge in [0.1, 0.15) is 18.0 Å². The van der Waals surface area contributed by atoms with Gasteiger partial charge < -0.3 is 19.7 Å². The van der Waals surface area contributed by atoms with Gasteiger partial charge in [-0.05, 0) is 25.1 Å². The van der Waals surface area contributed by atoms with Crippen LogP contribution in [0.5, 0.6) is 11.8 Å². The van der Waals surface area contributed by atoms with Crippen LogP contribution in [0.3, 0.4) is 0 Å². The predicted molar refractivity (Wildman–Crippen MR) is 95.0 cm³/mol. The first-order valence-corrected chi connectivity index (χ1v) is 8.74. The lowest BCUT2D eigenvalue weighted by molar-refractivity contribution is 0.102. The summed E-state index contributed by atoms with van der Waals surface area (Å²) >= 11 is 0.